The minimum absolute atomic E-state index is 0.753. The van der Waals surface area contributed by atoms with Crippen molar-refractivity contribution in [2.45, 2.75) is 25.7 Å². The zero-order chi connectivity index (χ0) is 23.2. The van der Waals surface area contributed by atoms with Crippen LogP contribution in [0.3, 0.4) is 0 Å². The number of piperidine rings is 1. The number of methoxy groups -OCH3 is 1. The van der Waals surface area contributed by atoms with Gasteiger partial charge in [0.05, 0.1) is 7.11 Å². The Labute approximate surface area is 202 Å². The van der Waals surface area contributed by atoms with Gasteiger partial charge in [-0.25, -0.2) is 0 Å². The normalized spacial score (nSPS) is 14.3. The lowest BCUT2D eigenvalue weighted by Crippen LogP contribution is -2.33. The molecule has 1 heterocycles. The van der Waals surface area contributed by atoms with Crippen LogP contribution in [-0.4, -0.2) is 38.3 Å². The van der Waals surface area contributed by atoms with Gasteiger partial charge in [0.1, 0.15) is 18.1 Å². The van der Waals surface area contributed by atoms with Crippen LogP contribution in [0.4, 0.5) is 0 Å². The first-order chi connectivity index (χ1) is 16.8. The van der Waals surface area contributed by atoms with Crippen molar-refractivity contribution in [3.63, 3.8) is 0 Å². The van der Waals surface area contributed by atoms with E-state index in [9.17, 15) is 0 Å². The maximum atomic E-state index is 6.05. The molecule has 0 aliphatic carbocycles. The van der Waals surface area contributed by atoms with Gasteiger partial charge in [-0.05, 0) is 89.6 Å². The van der Waals surface area contributed by atoms with Crippen LogP contribution in [0.2, 0.25) is 0 Å². The molecule has 1 fully saturated rings. The van der Waals surface area contributed by atoms with Gasteiger partial charge < -0.3 is 9.47 Å². The second kappa shape index (κ2) is 10.8. The van der Waals surface area contributed by atoms with Crippen LogP contribution < -0.4 is 9.47 Å². The van der Waals surface area contributed by atoms with Crippen molar-refractivity contribution in [3.05, 3.63) is 96.1 Å². The van der Waals surface area contributed by atoms with Gasteiger partial charge in [-0.3, -0.25) is 4.90 Å². The molecular weight excluding hydrogens is 418 g/mol. The van der Waals surface area contributed by atoms with Gasteiger partial charge in [0.25, 0.3) is 0 Å². The first kappa shape index (κ1) is 22.5. The number of nitrogens with zero attached hydrogens (tertiary/aromatic N) is 1. The number of benzene rings is 4. The van der Waals surface area contributed by atoms with Crippen molar-refractivity contribution in [1.29, 1.82) is 0 Å². The summed E-state index contributed by atoms with van der Waals surface area (Å²) in [6.45, 7) is 4.19. The second-order valence-corrected chi connectivity index (χ2v) is 9.12. The minimum atomic E-state index is 0.753. The molecule has 3 nitrogen and oxygen atoms in total. The Morgan fingerprint density at radius 3 is 2.29 bits per heavy atom. The number of hydrogen-bond donors (Lipinski definition) is 0. The fraction of sp³-hybridized carbons (Fsp3) is 0.290. The van der Waals surface area contributed by atoms with Gasteiger partial charge in [0, 0.05) is 6.54 Å². The summed E-state index contributed by atoms with van der Waals surface area (Å²) in [4.78, 5) is 2.51. The number of fused-ring (bicyclic) bond motifs is 1. The molecule has 0 spiro atoms. The maximum absolute atomic E-state index is 6.05. The average Bonchev–Trinajstić information content (AvgIpc) is 2.90. The summed E-state index contributed by atoms with van der Waals surface area (Å²) in [5.74, 6) is 1.84. The Hall–Kier alpha value is -3.30. The van der Waals surface area contributed by atoms with Crippen LogP contribution in [0.5, 0.6) is 11.5 Å². The molecule has 0 aromatic heterocycles. The summed E-state index contributed by atoms with van der Waals surface area (Å²) < 4.78 is 11.5. The van der Waals surface area contributed by atoms with E-state index in [2.05, 4.69) is 89.8 Å². The van der Waals surface area contributed by atoms with Gasteiger partial charge in [0.15, 0.2) is 0 Å². The summed E-state index contributed by atoms with van der Waals surface area (Å²) >= 11 is 0. The fourth-order valence-electron chi connectivity index (χ4n) is 4.96. The molecule has 174 valence electrons. The van der Waals surface area contributed by atoms with E-state index >= 15 is 0 Å². The van der Waals surface area contributed by atoms with Crippen LogP contribution in [0.25, 0.3) is 21.9 Å². The SMILES string of the molecule is COc1ccc2c(Cc3ccc(OCCN4CCCCC4)cc3)c(-c3ccccc3)ccc2c1. The third kappa shape index (κ3) is 5.26. The molecule has 0 N–H and O–H groups in total. The third-order valence-electron chi connectivity index (χ3n) is 6.85. The molecule has 0 amide bonds. The van der Waals surface area contributed by atoms with Crippen molar-refractivity contribution < 1.29 is 9.47 Å². The van der Waals surface area contributed by atoms with E-state index in [-0.39, 0.29) is 0 Å². The molecule has 34 heavy (non-hydrogen) atoms. The van der Waals surface area contributed by atoms with Crippen LogP contribution in [0.15, 0.2) is 84.9 Å². The van der Waals surface area contributed by atoms with E-state index in [1.807, 2.05) is 0 Å². The van der Waals surface area contributed by atoms with Gasteiger partial charge in [-0.2, -0.15) is 0 Å². The molecule has 4 aromatic carbocycles. The molecule has 4 aromatic rings. The zero-order valence-electron chi connectivity index (χ0n) is 20.0. The lowest BCUT2D eigenvalue weighted by molar-refractivity contribution is 0.183. The highest BCUT2D eigenvalue weighted by Crippen LogP contribution is 2.34. The molecular formula is C31H33NO2. The number of ether oxygens (including phenoxy) is 2. The summed E-state index contributed by atoms with van der Waals surface area (Å²) in [7, 11) is 1.72. The van der Waals surface area contributed by atoms with Crippen LogP contribution in [0.1, 0.15) is 30.4 Å². The predicted octanol–water partition coefficient (Wildman–Crippen LogP) is 6.97. The van der Waals surface area contributed by atoms with Gasteiger partial charge in [-0.15, -0.1) is 0 Å². The highest BCUT2D eigenvalue weighted by atomic mass is 16.5. The molecule has 1 aliphatic heterocycles. The van der Waals surface area contributed by atoms with Gasteiger partial charge in [0.2, 0.25) is 0 Å². The highest BCUT2D eigenvalue weighted by molar-refractivity contribution is 5.93. The van der Waals surface area contributed by atoms with Gasteiger partial charge in [-0.1, -0.05) is 67.1 Å². The summed E-state index contributed by atoms with van der Waals surface area (Å²) in [6, 6.07) is 30.1. The first-order valence-corrected chi connectivity index (χ1v) is 12.4. The molecule has 0 unspecified atom stereocenters. The van der Waals surface area contributed by atoms with E-state index in [0.717, 1.165) is 31.1 Å². The summed E-state index contributed by atoms with van der Waals surface area (Å²) in [6.07, 6.45) is 4.87. The number of rotatable bonds is 8. The predicted molar refractivity (Wildman–Crippen MR) is 141 cm³/mol. The van der Waals surface area contributed by atoms with Crippen molar-refractivity contribution in [2.75, 3.05) is 33.4 Å². The molecule has 0 radical (unpaired) electrons. The van der Waals surface area contributed by atoms with E-state index in [1.54, 1.807) is 7.11 Å². The average molecular weight is 452 g/mol. The molecule has 1 saturated heterocycles. The van der Waals surface area contributed by atoms with E-state index in [1.165, 1.54) is 65.4 Å². The third-order valence-corrected chi connectivity index (χ3v) is 6.85. The summed E-state index contributed by atoms with van der Waals surface area (Å²) in [5, 5.41) is 2.47. The number of likely N-dealkylation sites (tertiary alicyclic amines) is 1. The topological polar surface area (TPSA) is 21.7 Å². The lowest BCUT2D eigenvalue weighted by atomic mass is 9.90. The monoisotopic (exact) mass is 451 g/mol. The molecule has 5 rings (SSSR count). The molecule has 1 aliphatic rings. The Kier molecular flexibility index (Phi) is 7.11. The zero-order valence-corrected chi connectivity index (χ0v) is 20.0. The first-order valence-electron chi connectivity index (χ1n) is 12.4. The molecule has 0 saturated carbocycles. The van der Waals surface area contributed by atoms with Crippen molar-refractivity contribution in [3.8, 4) is 22.6 Å². The highest BCUT2D eigenvalue weighted by Gasteiger charge is 2.12. The Morgan fingerprint density at radius 1 is 0.765 bits per heavy atom. The van der Waals surface area contributed by atoms with Crippen LogP contribution >= 0.6 is 0 Å². The Morgan fingerprint density at radius 2 is 1.53 bits per heavy atom. The lowest BCUT2D eigenvalue weighted by Gasteiger charge is -2.26. The van der Waals surface area contributed by atoms with Crippen molar-refractivity contribution in [1.82, 2.24) is 4.90 Å². The number of hydrogen-bond acceptors (Lipinski definition) is 3. The standard InChI is InChI=1S/C31H33NO2/c1-33-28-15-17-30-26(23-28)12-16-29(25-8-4-2-5-9-25)31(30)22-24-10-13-27(14-11-24)34-21-20-32-18-6-3-7-19-32/h2,4-5,8-17,23H,3,6-7,18-22H2,1H3. The maximum Gasteiger partial charge on any atom is 0.119 e. The molecule has 3 heteroatoms. The van der Waals surface area contributed by atoms with E-state index in [4.69, 9.17) is 9.47 Å². The molecule has 0 bridgehead atoms. The van der Waals surface area contributed by atoms with Crippen LogP contribution in [-0.2, 0) is 6.42 Å². The van der Waals surface area contributed by atoms with Crippen molar-refractivity contribution in [2.24, 2.45) is 0 Å². The second-order valence-electron chi connectivity index (χ2n) is 9.12. The van der Waals surface area contributed by atoms with Crippen LogP contribution in [0, 0.1) is 0 Å². The summed E-state index contributed by atoms with van der Waals surface area (Å²) in [5.41, 5.74) is 5.14. The fourth-order valence-corrected chi connectivity index (χ4v) is 4.96. The van der Waals surface area contributed by atoms with E-state index < -0.39 is 0 Å². The molecule has 0 atom stereocenters. The minimum Gasteiger partial charge on any atom is -0.497 e. The quantitative estimate of drug-likeness (QED) is 0.289. The Bertz CT molecular complexity index is 1210. The van der Waals surface area contributed by atoms with Gasteiger partial charge >= 0.3 is 0 Å². The largest absolute Gasteiger partial charge is 0.497 e. The van der Waals surface area contributed by atoms with E-state index in [0.29, 0.717) is 0 Å². The van der Waals surface area contributed by atoms with Crippen molar-refractivity contribution >= 4 is 10.8 Å². The Balaban J connectivity index is 1.36. The smallest absolute Gasteiger partial charge is 0.119 e.